The van der Waals surface area contributed by atoms with Crippen molar-refractivity contribution in [2.45, 2.75) is 66.4 Å². The molecule has 1 aliphatic rings. The van der Waals surface area contributed by atoms with Crippen molar-refractivity contribution in [3.05, 3.63) is 28.8 Å². The zero-order chi connectivity index (χ0) is 18.3. The fourth-order valence-corrected chi connectivity index (χ4v) is 2.48. The molecule has 1 aromatic carbocycles. The summed E-state index contributed by atoms with van der Waals surface area (Å²) < 4.78 is 5.20. The van der Waals surface area contributed by atoms with Crippen LogP contribution in [0, 0.1) is 6.92 Å². The van der Waals surface area contributed by atoms with Gasteiger partial charge in [-0.15, -0.1) is 0 Å². The number of amides is 2. The van der Waals surface area contributed by atoms with E-state index in [9.17, 15) is 9.59 Å². The maximum atomic E-state index is 11.6. The van der Waals surface area contributed by atoms with Crippen LogP contribution >= 0.6 is 0 Å². The van der Waals surface area contributed by atoms with Crippen LogP contribution in [-0.2, 0) is 22.4 Å². The molecule has 0 fully saturated rings. The maximum Gasteiger partial charge on any atom is 0.407 e. The molecule has 0 spiro atoms. The van der Waals surface area contributed by atoms with Gasteiger partial charge in [-0.25, -0.2) is 4.79 Å². The van der Waals surface area contributed by atoms with Gasteiger partial charge in [0.2, 0.25) is 5.91 Å². The number of alkyl carbamates (subject to hydrolysis) is 1. The Morgan fingerprint density at radius 2 is 1.92 bits per heavy atom. The highest BCUT2D eigenvalue weighted by atomic mass is 16.6. The lowest BCUT2D eigenvalue weighted by Crippen LogP contribution is -2.33. The lowest BCUT2D eigenvalue weighted by atomic mass is 9.96. The predicted molar refractivity (Wildman–Crippen MR) is 97.4 cm³/mol. The summed E-state index contributed by atoms with van der Waals surface area (Å²) in [5.41, 5.74) is 3.89. The predicted octanol–water partition coefficient (Wildman–Crippen LogP) is 3.97. The van der Waals surface area contributed by atoms with Crippen molar-refractivity contribution in [2.24, 2.45) is 0 Å². The Morgan fingerprint density at radius 3 is 2.54 bits per heavy atom. The third-order valence-electron chi connectivity index (χ3n) is 3.52. The van der Waals surface area contributed by atoms with Gasteiger partial charge in [-0.3, -0.25) is 4.79 Å². The summed E-state index contributed by atoms with van der Waals surface area (Å²) in [6.45, 7) is 12.1. The second-order valence-electron chi connectivity index (χ2n) is 6.66. The van der Waals surface area contributed by atoms with Gasteiger partial charge >= 0.3 is 6.09 Å². The molecule has 0 radical (unpaired) electrons. The lowest BCUT2D eigenvalue weighted by Gasteiger charge is -2.21. The summed E-state index contributed by atoms with van der Waals surface area (Å²) >= 11 is 0. The van der Waals surface area contributed by atoms with E-state index >= 15 is 0 Å². The maximum absolute atomic E-state index is 11.6. The molecule has 0 unspecified atom stereocenters. The molecular formula is C19H30N2O3. The minimum absolute atomic E-state index is 0.0641. The molecule has 24 heavy (non-hydrogen) atoms. The second kappa shape index (κ2) is 8.71. The Labute approximate surface area is 145 Å². The summed E-state index contributed by atoms with van der Waals surface area (Å²) in [5, 5.41) is 5.66. The Bertz CT molecular complexity index is 589. The van der Waals surface area contributed by atoms with Crippen LogP contribution in [0.4, 0.5) is 10.5 Å². The molecule has 0 saturated heterocycles. The lowest BCUT2D eigenvalue weighted by molar-refractivity contribution is -0.116. The first-order valence-electron chi connectivity index (χ1n) is 8.64. The first-order chi connectivity index (χ1) is 11.2. The smallest absolute Gasteiger partial charge is 0.407 e. The molecule has 5 nitrogen and oxygen atoms in total. The summed E-state index contributed by atoms with van der Waals surface area (Å²) in [6, 6.07) is 4.14. The van der Waals surface area contributed by atoms with E-state index < -0.39 is 11.7 Å². The summed E-state index contributed by atoms with van der Waals surface area (Å²) in [7, 11) is 0. The number of nitrogens with one attached hydrogen (secondary N) is 2. The molecule has 0 bridgehead atoms. The van der Waals surface area contributed by atoms with Crippen LogP contribution in [0.1, 0.15) is 57.7 Å². The quantitative estimate of drug-likeness (QED) is 0.879. The van der Waals surface area contributed by atoms with Crippen molar-refractivity contribution in [3.8, 4) is 0 Å². The highest BCUT2D eigenvalue weighted by Gasteiger charge is 2.17. The largest absolute Gasteiger partial charge is 0.444 e. The molecule has 2 amide bonds. The minimum Gasteiger partial charge on any atom is -0.444 e. The number of anilines is 1. The van der Waals surface area contributed by atoms with Crippen molar-refractivity contribution < 1.29 is 14.3 Å². The summed E-state index contributed by atoms with van der Waals surface area (Å²) in [4.78, 5) is 23.1. The van der Waals surface area contributed by atoms with E-state index in [1.54, 1.807) is 0 Å². The van der Waals surface area contributed by atoms with Gasteiger partial charge in [-0.2, -0.15) is 0 Å². The van der Waals surface area contributed by atoms with Gasteiger partial charge < -0.3 is 15.4 Å². The van der Waals surface area contributed by atoms with Crippen LogP contribution in [-0.4, -0.2) is 24.1 Å². The summed E-state index contributed by atoms with van der Waals surface area (Å²) in [5.74, 6) is 0.0641. The minimum atomic E-state index is -0.490. The van der Waals surface area contributed by atoms with Crippen molar-refractivity contribution >= 4 is 17.7 Å². The number of hydrogen-bond acceptors (Lipinski definition) is 3. The Hall–Kier alpha value is -2.04. The van der Waals surface area contributed by atoms with Gasteiger partial charge in [-0.05, 0) is 63.3 Å². The number of benzene rings is 1. The highest BCUT2D eigenvalue weighted by Crippen LogP contribution is 2.26. The molecule has 0 aliphatic carbocycles. The number of ether oxygens (including phenoxy) is 1. The molecule has 0 atom stereocenters. The Balaban J connectivity index is 0.00000139. The van der Waals surface area contributed by atoms with E-state index in [4.69, 9.17) is 4.74 Å². The van der Waals surface area contributed by atoms with Crippen LogP contribution in [0.25, 0.3) is 0 Å². The van der Waals surface area contributed by atoms with Crippen molar-refractivity contribution in [1.29, 1.82) is 0 Å². The second-order valence-corrected chi connectivity index (χ2v) is 6.66. The van der Waals surface area contributed by atoms with E-state index in [1.807, 2.05) is 40.7 Å². The number of carbonyl (C=O) groups excluding carboxylic acids is 2. The molecule has 5 heteroatoms. The average molecular weight is 334 g/mol. The Morgan fingerprint density at radius 1 is 1.25 bits per heavy atom. The Kier molecular flexibility index (Phi) is 7.26. The molecule has 2 N–H and O–H groups in total. The molecule has 1 heterocycles. The first-order valence-corrected chi connectivity index (χ1v) is 8.64. The third-order valence-corrected chi connectivity index (χ3v) is 3.52. The van der Waals surface area contributed by atoms with E-state index in [0.29, 0.717) is 19.4 Å². The number of hydrogen-bond donors (Lipinski definition) is 2. The molecule has 0 saturated carbocycles. The van der Waals surface area contributed by atoms with Gasteiger partial charge in [0.05, 0.1) is 0 Å². The SMILES string of the molecule is CC.Cc1cc2c(cc1CCNC(=O)OC(C)(C)C)NC(=O)CC2. The van der Waals surface area contributed by atoms with Gasteiger partial charge in [0.1, 0.15) is 5.60 Å². The van der Waals surface area contributed by atoms with E-state index in [2.05, 4.69) is 23.6 Å². The van der Waals surface area contributed by atoms with Crippen LogP contribution in [0.2, 0.25) is 0 Å². The van der Waals surface area contributed by atoms with Gasteiger partial charge in [0.15, 0.2) is 0 Å². The molecule has 134 valence electrons. The number of rotatable bonds is 3. The van der Waals surface area contributed by atoms with E-state index in [0.717, 1.165) is 17.7 Å². The van der Waals surface area contributed by atoms with E-state index in [-0.39, 0.29) is 5.91 Å². The summed E-state index contributed by atoms with van der Waals surface area (Å²) in [6.07, 6.45) is 1.63. The number of fused-ring (bicyclic) bond motifs is 1. The van der Waals surface area contributed by atoms with Crippen molar-refractivity contribution in [2.75, 3.05) is 11.9 Å². The van der Waals surface area contributed by atoms with Gasteiger partial charge in [-0.1, -0.05) is 19.9 Å². The van der Waals surface area contributed by atoms with Crippen LogP contribution in [0.3, 0.4) is 0 Å². The average Bonchev–Trinajstić information content (AvgIpc) is 2.48. The van der Waals surface area contributed by atoms with Crippen LogP contribution < -0.4 is 10.6 Å². The zero-order valence-corrected chi connectivity index (χ0v) is 15.7. The van der Waals surface area contributed by atoms with E-state index in [1.165, 1.54) is 11.1 Å². The van der Waals surface area contributed by atoms with Gasteiger partial charge in [0.25, 0.3) is 0 Å². The first kappa shape index (κ1) is 20.0. The van der Waals surface area contributed by atoms with Crippen LogP contribution in [0.15, 0.2) is 12.1 Å². The number of aryl methyl sites for hydroxylation is 2. The normalized spacial score (nSPS) is 13.2. The molecular weight excluding hydrogens is 304 g/mol. The van der Waals surface area contributed by atoms with Gasteiger partial charge in [0, 0.05) is 18.7 Å². The van der Waals surface area contributed by atoms with Crippen molar-refractivity contribution in [1.82, 2.24) is 5.32 Å². The molecule has 1 aromatic rings. The van der Waals surface area contributed by atoms with Crippen LogP contribution in [0.5, 0.6) is 0 Å². The third kappa shape index (κ3) is 6.22. The molecule has 0 aromatic heterocycles. The molecule has 1 aliphatic heterocycles. The highest BCUT2D eigenvalue weighted by molar-refractivity contribution is 5.94. The zero-order valence-electron chi connectivity index (χ0n) is 15.7. The molecule has 2 rings (SSSR count). The fraction of sp³-hybridized carbons (Fsp3) is 0.579. The van der Waals surface area contributed by atoms with Crippen molar-refractivity contribution in [3.63, 3.8) is 0 Å². The number of carbonyl (C=O) groups is 2. The topological polar surface area (TPSA) is 67.4 Å². The fourth-order valence-electron chi connectivity index (χ4n) is 2.48. The monoisotopic (exact) mass is 334 g/mol. The standard InChI is InChI=1S/C17H24N2O3.C2H6/c1-11-9-13-5-6-15(20)19-14(13)10-12(11)7-8-18-16(21)22-17(2,3)4;1-2/h9-10H,5-8H2,1-4H3,(H,18,21)(H,19,20);1-2H3.